The quantitative estimate of drug-likeness (QED) is 0.609. The summed E-state index contributed by atoms with van der Waals surface area (Å²) >= 11 is 0. The van der Waals surface area contributed by atoms with Gasteiger partial charge in [0.15, 0.2) is 17.8 Å². The number of carbonyl (C=O) groups excluding carboxylic acids is 1. The van der Waals surface area contributed by atoms with Gasteiger partial charge in [0.1, 0.15) is 5.75 Å². The predicted molar refractivity (Wildman–Crippen MR) is 111 cm³/mol. The van der Waals surface area contributed by atoms with Crippen molar-refractivity contribution in [1.82, 2.24) is 30.3 Å². The minimum Gasteiger partial charge on any atom is -0.484 e. The van der Waals surface area contributed by atoms with Crippen molar-refractivity contribution in [2.75, 3.05) is 19.7 Å². The van der Waals surface area contributed by atoms with E-state index in [1.54, 1.807) is 29.2 Å². The molecule has 5 heterocycles. The van der Waals surface area contributed by atoms with E-state index in [9.17, 15) is 4.79 Å². The zero-order valence-corrected chi connectivity index (χ0v) is 16.2. The molecule has 3 aliphatic rings. The summed E-state index contributed by atoms with van der Waals surface area (Å²) in [6.45, 7) is 1.36. The topological polar surface area (TPSA) is 120 Å². The van der Waals surface area contributed by atoms with Crippen molar-refractivity contribution >= 4 is 34.9 Å². The monoisotopic (exact) mass is 404 g/mol. The van der Waals surface area contributed by atoms with Crippen molar-refractivity contribution in [1.29, 1.82) is 0 Å². The van der Waals surface area contributed by atoms with Crippen LogP contribution >= 0.6 is 0 Å². The lowest BCUT2D eigenvalue weighted by molar-refractivity contribution is -0.123. The molecule has 1 atom stereocenters. The van der Waals surface area contributed by atoms with Crippen LogP contribution in [0.25, 0.3) is 16.9 Å². The van der Waals surface area contributed by atoms with Crippen LogP contribution in [0.5, 0.6) is 5.75 Å². The van der Waals surface area contributed by atoms with Gasteiger partial charge < -0.3 is 10.1 Å². The fourth-order valence-corrected chi connectivity index (χ4v) is 3.57. The SMILES string of the molecule is O=C1COc2ccc(cc2)-n2nnc3cnc(nc32)N=C2C=NCC(CCCN1)C2. The van der Waals surface area contributed by atoms with E-state index in [0.717, 1.165) is 37.2 Å². The van der Waals surface area contributed by atoms with Gasteiger partial charge >= 0.3 is 0 Å². The number of carbonyl (C=O) groups is 1. The van der Waals surface area contributed by atoms with Crippen LogP contribution in [0, 0.1) is 5.92 Å². The number of benzene rings is 1. The summed E-state index contributed by atoms with van der Waals surface area (Å²) in [7, 11) is 0. The maximum absolute atomic E-state index is 12.0. The van der Waals surface area contributed by atoms with Gasteiger partial charge in [-0.2, -0.15) is 9.67 Å². The summed E-state index contributed by atoms with van der Waals surface area (Å²) in [5.74, 6) is 1.21. The van der Waals surface area contributed by atoms with E-state index in [1.165, 1.54) is 0 Å². The molecule has 0 saturated heterocycles. The number of aliphatic imine (C=N–C) groups is 2. The van der Waals surface area contributed by atoms with Crippen LogP contribution in [-0.2, 0) is 4.79 Å². The van der Waals surface area contributed by atoms with Crippen molar-refractivity contribution in [3.63, 3.8) is 0 Å². The van der Waals surface area contributed by atoms with Gasteiger partial charge in [0.2, 0.25) is 0 Å². The summed E-state index contributed by atoms with van der Waals surface area (Å²) in [4.78, 5) is 29.9. The molecule has 3 aromatic rings. The lowest BCUT2D eigenvalue weighted by atomic mass is 9.95. The molecule has 0 fully saturated rings. The molecule has 10 heteroatoms. The molecular weight excluding hydrogens is 384 g/mol. The minimum absolute atomic E-state index is 0.0211. The first-order valence-corrected chi connectivity index (χ1v) is 9.90. The highest BCUT2D eigenvalue weighted by molar-refractivity contribution is 6.31. The molecule has 6 rings (SSSR count). The number of hydrogen-bond donors (Lipinski definition) is 1. The normalized spacial score (nSPS) is 19.5. The fourth-order valence-electron chi connectivity index (χ4n) is 3.57. The molecule has 6 bridgehead atoms. The van der Waals surface area contributed by atoms with Gasteiger partial charge in [0, 0.05) is 19.3 Å². The van der Waals surface area contributed by atoms with Gasteiger partial charge in [-0.25, -0.2) is 9.98 Å². The van der Waals surface area contributed by atoms with Gasteiger partial charge in [0.05, 0.1) is 17.6 Å². The molecule has 0 radical (unpaired) electrons. The molecule has 3 aliphatic heterocycles. The van der Waals surface area contributed by atoms with Crippen LogP contribution in [0.3, 0.4) is 0 Å². The Morgan fingerprint density at radius 2 is 2.10 bits per heavy atom. The maximum atomic E-state index is 12.0. The van der Waals surface area contributed by atoms with Gasteiger partial charge in [-0.05, 0) is 49.4 Å². The van der Waals surface area contributed by atoms with Crippen LogP contribution in [0.1, 0.15) is 19.3 Å². The van der Waals surface area contributed by atoms with E-state index < -0.39 is 0 Å². The summed E-state index contributed by atoms with van der Waals surface area (Å²) in [6, 6.07) is 7.24. The lowest BCUT2D eigenvalue weighted by Gasteiger charge is -2.18. The molecular formula is C20H20N8O2. The first kappa shape index (κ1) is 18.3. The Labute approximate surface area is 172 Å². The van der Waals surface area contributed by atoms with Crippen molar-refractivity contribution in [2.24, 2.45) is 15.9 Å². The number of amides is 1. The highest BCUT2D eigenvalue weighted by Gasteiger charge is 2.17. The molecule has 0 saturated carbocycles. The predicted octanol–water partition coefficient (Wildman–Crippen LogP) is 1.66. The van der Waals surface area contributed by atoms with Crippen molar-refractivity contribution < 1.29 is 9.53 Å². The molecule has 1 N–H and O–H groups in total. The summed E-state index contributed by atoms with van der Waals surface area (Å²) in [5, 5.41) is 11.2. The van der Waals surface area contributed by atoms with E-state index in [4.69, 9.17) is 4.74 Å². The van der Waals surface area contributed by atoms with Crippen molar-refractivity contribution in [3.8, 4) is 11.4 Å². The molecule has 0 spiro atoms. The Morgan fingerprint density at radius 3 is 3.00 bits per heavy atom. The molecule has 1 amide bonds. The minimum atomic E-state index is -0.134. The van der Waals surface area contributed by atoms with Gasteiger partial charge in [0.25, 0.3) is 11.9 Å². The number of ether oxygens (including phenoxy) is 1. The van der Waals surface area contributed by atoms with Gasteiger partial charge in [-0.15, -0.1) is 5.10 Å². The van der Waals surface area contributed by atoms with Crippen LogP contribution in [0.15, 0.2) is 40.4 Å². The largest absolute Gasteiger partial charge is 0.484 e. The molecule has 10 nitrogen and oxygen atoms in total. The second-order valence-electron chi connectivity index (χ2n) is 7.32. The van der Waals surface area contributed by atoms with Crippen LogP contribution in [0.4, 0.5) is 5.95 Å². The molecule has 1 aromatic carbocycles. The van der Waals surface area contributed by atoms with Gasteiger partial charge in [-0.3, -0.25) is 9.79 Å². The van der Waals surface area contributed by atoms with E-state index in [0.29, 0.717) is 35.3 Å². The third-order valence-electron chi connectivity index (χ3n) is 5.09. The number of hydrogen-bond acceptors (Lipinski definition) is 8. The third-order valence-corrected chi connectivity index (χ3v) is 5.09. The zero-order valence-electron chi connectivity index (χ0n) is 16.2. The fraction of sp³-hybridized carbons (Fsp3) is 0.350. The molecule has 1 unspecified atom stereocenters. The first-order chi connectivity index (χ1) is 14.7. The second kappa shape index (κ2) is 7.97. The Bertz CT molecular complexity index is 1140. The Balaban J connectivity index is 1.53. The number of nitrogens with zero attached hydrogens (tertiary/aromatic N) is 7. The molecule has 152 valence electrons. The number of rotatable bonds is 0. The van der Waals surface area contributed by atoms with Crippen LogP contribution in [0.2, 0.25) is 0 Å². The lowest BCUT2D eigenvalue weighted by Crippen LogP contribution is -2.30. The van der Waals surface area contributed by atoms with Crippen molar-refractivity contribution in [3.05, 3.63) is 30.5 Å². The summed E-state index contributed by atoms with van der Waals surface area (Å²) in [5.41, 5.74) is 2.77. The molecule has 0 aliphatic carbocycles. The first-order valence-electron chi connectivity index (χ1n) is 9.90. The van der Waals surface area contributed by atoms with Gasteiger partial charge in [-0.1, -0.05) is 5.21 Å². The van der Waals surface area contributed by atoms with E-state index in [2.05, 4.69) is 35.6 Å². The Hall–Kier alpha value is -3.69. The van der Waals surface area contributed by atoms with Crippen LogP contribution < -0.4 is 10.1 Å². The van der Waals surface area contributed by atoms with E-state index >= 15 is 0 Å². The molecule has 30 heavy (non-hydrogen) atoms. The van der Waals surface area contributed by atoms with Crippen molar-refractivity contribution in [2.45, 2.75) is 19.3 Å². The highest BCUT2D eigenvalue weighted by atomic mass is 16.5. The summed E-state index contributed by atoms with van der Waals surface area (Å²) in [6.07, 6.45) is 6.05. The number of fused-ring (bicyclic) bond motifs is 8. The maximum Gasteiger partial charge on any atom is 0.257 e. The highest BCUT2D eigenvalue weighted by Crippen LogP contribution is 2.21. The Kier molecular flexibility index (Phi) is 4.88. The third kappa shape index (κ3) is 3.88. The zero-order chi connectivity index (χ0) is 20.3. The van der Waals surface area contributed by atoms with E-state index in [-0.39, 0.29) is 12.5 Å². The Morgan fingerprint density at radius 1 is 1.20 bits per heavy atom. The summed E-state index contributed by atoms with van der Waals surface area (Å²) < 4.78 is 7.21. The smallest absolute Gasteiger partial charge is 0.257 e. The average molecular weight is 404 g/mol. The van der Waals surface area contributed by atoms with E-state index in [1.807, 2.05) is 12.1 Å². The number of aromatic nitrogens is 5. The van der Waals surface area contributed by atoms with Crippen LogP contribution in [-0.4, -0.2) is 62.5 Å². The average Bonchev–Trinajstić information content (AvgIpc) is 3.19. The molecule has 2 aromatic heterocycles. The second-order valence-corrected chi connectivity index (χ2v) is 7.32. The standard InChI is InChI=1S/C20H20N8O2/c29-18-12-30-16-5-3-15(4-6-16)28-19-17(26-27-28)11-23-20(25-19)24-14-8-13(9-21-10-14)2-1-7-22-18/h3-6,10-11,13H,1-2,7-9,12H2,(H,22,29). The number of nitrogens with one attached hydrogen (secondary N) is 1.